The number of carbonyl (C=O) groups excluding carboxylic acids is 1. The molecule has 104 valence electrons. The highest BCUT2D eigenvalue weighted by atomic mass is 16.5. The van der Waals surface area contributed by atoms with Crippen LogP contribution >= 0.6 is 0 Å². The molecule has 0 aromatic heterocycles. The van der Waals surface area contributed by atoms with E-state index < -0.39 is 6.10 Å². The van der Waals surface area contributed by atoms with E-state index in [2.05, 4.69) is 5.32 Å². The molecule has 1 unspecified atom stereocenters. The minimum atomic E-state index is -0.592. The van der Waals surface area contributed by atoms with Gasteiger partial charge < -0.3 is 15.2 Å². The normalized spacial score (nSPS) is 17.9. The molecule has 0 spiro atoms. The van der Waals surface area contributed by atoms with Crippen LogP contribution in [0.2, 0.25) is 0 Å². The van der Waals surface area contributed by atoms with Gasteiger partial charge in [-0.3, -0.25) is 9.69 Å². The number of carbonyl (C=O) groups is 1. The van der Waals surface area contributed by atoms with Gasteiger partial charge in [-0.1, -0.05) is 18.2 Å². The van der Waals surface area contributed by atoms with E-state index in [1.807, 2.05) is 36.1 Å². The van der Waals surface area contributed by atoms with Crippen LogP contribution in [-0.4, -0.2) is 54.8 Å². The van der Waals surface area contributed by atoms with E-state index in [0.717, 1.165) is 17.9 Å². The number of para-hydroxylation sites is 1. The zero-order valence-electron chi connectivity index (χ0n) is 11.1. The van der Waals surface area contributed by atoms with Crippen molar-refractivity contribution < 1.29 is 14.6 Å². The predicted octanol–water partition coefficient (Wildman–Crippen LogP) is 0.167. The second-order valence-electron chi connectivity index (χ2n) is 4.82. The maximum absolute atomic E-state index is 11.2. The van der Waals surface area contributed by atoms with Gasteiger partial charge in [0.15, 0.2) is 0 Å². The van der Waals surface area contributed by atoms with E-state index in [9.17, 15) is 9.90 Å². The van der Waals surface area contributed by atoms with Crippen LogP contribution in [0.3, 0.4) is 0 Å². The van der Waals surface area contributed by atoms with Crippen molar-refractivity contribution in [2.45, 2.75) is 13.0 Å². The number of nitrogens with one attached hydrogen (secondary N) is 1. The minimum absolute atomic E-state index is 0.0123. The lowest BCUT2D eigenvalue weighted by molar-refractivity contribution is -0.124. The highest BCUT2D eigenvalue weighted by Crippen LogP contribution is 2.16. The van der Waals surface area contributed by atoms with Crippen LogP contribution in [0.4, 0.5) is 0 Å². The highest BCUT2D eigenvalue weighted by molar-refractivity contribution is 5.78. The Kier molecular flexibility index (Phi) is 4.76. The molecule has 0 radical (unpaired) electrons. The summed E-state index contributed by atoms with van der Waals surface area (Å²) in [5.74, 6) is 0.802. The zero-order chi connectivity index (χ0) is 13.7. The number of aryl methyl sites for hydroxylation is 1. The van der Waals surface area contributed by atoms with Crippen LogP contribution < -0.4 is 10.1 Å². The fourth-order valence-corrected chi connectivity index (χ4v) is 2.10. The number of aliphatic hydroxyl groups excluding tert-OH is 1. The average Bonchev–Trinajstić information content (AvgIpc) is 2.38. The van der Waals surface area contributed by atoms with Gasteiger partial charge in [0, 0.05) is 19.6 Å². The maximum Gasteiger partial charge on any atom is 0.234 e. The summed E-state index contributed by atoms with van der Waals surface area (Å²) in [6, 6.07) is 7.71. The van der Waals surface area contributed by atoms with Gasteiger partial charge in [0.05, 0.1) is 6.54 Å². The van der Waals surface area contributed by atoms with Gasteiger partial charge in [0.25, 0.3) is 0 Å². The Morgan fingerprint density at radius 3 is 3.00 bits per heavy atom. The Morgan fingerprint density at radius 2 is 2.26 bits per heavy atom. The lowest BCUT2D eigenvalue weighted by atomic mass is 10.2. The van der Waals surface area contributed by atoms with Gasteiger partial charge in [-0.25, -0.2) is 0 Å². The molecule has 1 aromatic rings. The van der Waals surface area contributed by atoms with Crippen molar-refractivity contribution in [1.82, 2.24) is 10.2 Å². The average molecular weight is 264 g/mol. The smallest absolute Gasteiger partial charge is 0.234 e. The molecular weight excluding hydrogens is 244 g/mol. The molecule has 1 amide bonds. The molecule has 1 atom stereocenters. The molecule has 2 N–H and O–H groups in total. The first-order chi connectivity index (χ1) is 9.15. The van der Waals surface area contributed by atoms with Gasteiger partial charge in [-0.15, -0.1) is 0 Å². The number of aliphatic hydroxyl groups is 1. The van der Waals surface area contributed by atoms with Crippen molar-refractivity contribution in [3.63, 3.8) is 0 Å². The summed E-state index contributed by atoms with van der Waals surface area (Å²) in [5.41, 5.74) is 1.05. The highest BCUT2D eigenvalue weighted by Gasteiger charge is 2.19. The summed E-state index contributed by atoms with van der Waals surface area (Å²) < 4.78 is 5.59. The Labute approximate surface area is 113 Å². The SMILES string of the molecule is Cc1ccccc1OCC(O)CN1CCNC(=O)C1. The lowest BCUT2D eigenvalue weighted by Gasteiger charge is -2.28. The molecule has 1 aliphatic rings. The Hall–Kier alpha value is -1.59. The van der Waals surface area contributed by atoms with Gasteiger partial charge in [-0.2, -0.15) is 0 Å². The lowest BCUT2D eigenvalue weighted by Crippen LogP contribution is -2.50. The van der Waals surface area contributed by atoms with Crippen molar-refractivity contribution in [1.29, 1.82) is 0 Å². The number of hydrogen-bond acceptors (Lipinski definition) is 4. The van der Waals surface area contributed by atoms with Crippen LogP contribution in [0.1, 0.15) is 5.56 Å². The van der Waals surface area contributed by atoms with Crippen LogP contribution in [0.5, 0.6) is 5.75 Å². The third-order valence-corrected chi connectivity index (χ3v) is 3.11. The zero-order valence-corrected chi connectivity index (χ0v) is 11.1. The summed E-state index contributed by atoms with van der Waals surface area (Å²) in [4.78, 5) is 13.1. The third-order valence-electron chi connectivity index (χ3n) is 3.11. The number of rotatable bonds is 5. The summed E-state index contributed by atoms with van der Waals surface area (Å²) in [6.45, 7) is 4.43. The number of nitrogens with zero attached hydrogens (tertiary/aromatic N) is 1. The molecule has 2 rings (SSSR count). The Bertz CT molecular complexity index is 436. The van der Waals surface area contributed by atoms with E-state index in [1.54, 1.807) is 0 Å². The number of benzene rings is 1. The quantitative estimate of drug-likeness (QED) is 0.795. The number of piperazine rings is 1. The predicted molar refractivity (Wildman–Crippen MR) is 72.1 cm³/mol. The van der Waals surface area contributed by atoms with Gasteiger partial charge in [0.1, 0.15) is 18.5 Å². The summed E-state index contributed by atoms with van der Waals surface area (Å²) >= 11 is 0. The molecule has 19 heavy (non-hydrogen) atoms. The number of ether oxygens (including phenoxy) is 1. The molecule has 0 saturated carbocycles. The molecule has 5 nitrogen and oxygen atoms in total. The van der Waals surface area contributed by atoms with E-state index in [1.165, 1.54) is 0 Å². The molecule has 1 aromatic carbocycles. The molecule has 0 aliphatic carbocycles. The first kappa shape index (κ1) is 13.8. The summed E-state index contributed by atoms with van der Waals surface area (Å²) in [6.07, 6.45) is -0.592. The summed E-state index contributed by atoms with van der Waals surface area (Å²) in [7, 11) is 0. The second kappa shape index (κ2) is 6.54. The summed E-state index contributed by atoms with van der Waals surface area (Å²) in [5, 5.41) is 12.7. The molecule has 1 heterocycles. The first-order valence-corrected chi connectivity index (χ1v) is 6.50. The van der Waals surface area contributed by atoms with Crippen LogP contribution in [-0.2, 0) is 4.79 Å². The molecule has 1 saturated heterocycles. The standard InChI is InChI=1S/C14H20N2O3/c1-11-4-2-3-5-13(11)19-10-12(17)8-16-7-6-15-14(18)9-16/h2-5,12,17H,6-10H2,1H3,(H,15,18). The van der Waals surface area contributed by atoms with Crippen molar-refractivity contribution in [3.8, 4) is 5.75 Å². The van der Waals surface area contributed by atoms with Crippen LogP contribution in [0.15, 0.2) is 24.3 Å². The van der Waals surface area contributed by atoms with Gasteiger partial charge in [-0.05, 0) is 18.6 Å². The molecular formula is C14H20N2O3. The van der Waals surface area contributed by atoms with Crippen LogP contribution in [0.25, 0.3) is 0 Å². The topological polar surface area (TPSA) is 61.8 Å². The van der Waals surface area contributed by atoms with Crippen molar-refractivity contribution in [2.24, 2.45) is 0 Å². The molecule has 5 heteroatoms. The van der Waals surface area contributed by atoms with Gasteiger partial charge in [0.2, 0.25) is 5.91 Å². The minimum Gasteiger partial charge on any atom is -0.491 e. The fraction of sp³-hybridized carbons (Fsp3) is 0.500. The Balaban J connectivity index is 1.77. The Morgan fingerprint density at radius 1 is 1.47 bits per heavy atom. The second-order valence-corrected chi connectivity index (χ2v) is 4.82. The largest absolute Gasteiger partial charge is 0.491 e. The molecule has 1 fully saturated rings. The van der Waals surface area contributed by atoms with Gasteiger partial charge >= 0.3 is 0 Å². The third kappa shape index (κ3) is 4.22. The number of hydrogen-bond donors (Lipinski definition) is 2. The van der Waals surface area contributed by atoms with E-state index in [4.69, 9.17) is 4.74 Å². The molecule has 1 aliphatic heterocycles. The monoisotopic (exact) mass is 264 g/mol. The van der Waals surface area contributed by atoms with Crippen molar-refractivity contribution in [3.05, 3.63) is 29.8 Å². The molecule has 0 bridgehead atoms. The number of β-amino-alcohol motifs (C(OH)–C–C–N with tert-alkyl or cyclic N) is 1. The van der Waals surface area contributed by atoms with Crippen LogP contribution in [0, 0.1) is 6.92 Å². The van der Waals surface area contributed by atoms with E-state index >= 15 is 0 Å². The number of amides is 1. The maximum atomic E-state index is 11.2. The van der Waals surface area contributed by atoms with E-state index in [0.29, 0.717) is 19.6 Å². The fourth-order valence-electron chi connectivity index (χ4n) is 2.10. The first-order valence-electron chi connectivity index (χ1n) is 6.50. The van der Waals surface area contributed by atoms with E-state index in [-0.39, 0.29) is 12.5 Å². The van der Waals surface area contributed by atoms with Crippen molar-refractivity contribution in [2.75, 3.05) is 32.8 Å². The van der Waals surface area contributed by atoms with Crippen molar-refractivity contribution >= 4 is 5.91 Å².